The van der Waals surface area contributed by atoms with Crippen LogP contribution in [0.5, 0.6) is 0 Å². The standard InChI is InChI=1S/C74H121NO8/c1-6-8-10-12-14-16-18-20-22-24-26-27-28-29-30-31-32-33-34-35-36-37-38-39-40-41-42-43-44-45-47-49-51-53-55-57-59-61-63-65-72(77)83-70(69-82-74(73(78)79)80-67-66-75(3,4)5)68-81-71(76)64-62-60-58-56-54-52-50-48-46-25-23-21-19-17-15-13-11-9-7-2/h8,10,14-17,20-23,26-27,29-30,32-33,35-36,38-39,41-42,44-45,70,74H,6-7,9,11-13,18-19,24-25,28,31,34,37,40,43,46-69H2,1-5H3/b10-8-,16-14-,17-15-,22-20-,23-21-,27-26-,30-29-,33-32-,36-35-,39-38-,42-41-,45-44-. The van der Waals surface area contributed by atoms with E-state index >= 15 is 0 Å². The van der Waals surface area contributed by atoms with Gasteiger partial charge in [0, 0.05) is 12.8 Å². The number of aliphatic carboxylic acids is 1. The lowest BCUT2D eigenvalue weighted by molar-refractivity contribution is -0.870. The molecule has 0 N–H and O–H groups in total. The van der Waals surface area contributed by atoms with Crippen molar-refractivity contribution in [2.24, 2.45) is 0 Å². The van der Waals surface area contributed by atoms with Gasteiger partial charge in [0.2, 0.25) is 0 Å². The van der Waals surface area contributed by atoms with Gasteiger partial charge in [-0.3, -0.25) is 9.59 Å². The maximum Gasteiger partial charge on any atom is 0.306 e. The highest BCUT2D eigenvalue weighted by Crippen LogP contribution is 2.15. The van der Waals surface area contributed by atoms with Gasteiger partial charge in [0.05, 0.1) is 40.3 Å². The number of likely N-dealkylation sites (N-methyl/N-ethyl adjacent to an activating group) is 1. The van der Waals surface area contributed by atoms with Gasteiger partial charge in [0.1, 0.15) is 13.2 Å². The molecule has 0 aromatic carbocycles. The maximum absolute atomic E-state index is 12.9. The first-order valence-electron chi connectivity index (χ1n) is 33.0. The molecule has 2 atom stereocenters. The van der Waals surface area contributed by atoms with Crippen LogP contribution in [-0.2, 0) is 33.3 Å². The van der Waals surface area contributed by atoms with Crippen LogP contribution in [0.2, 0.25) is 0 Å². The lowest BCUT2D eigenvalue weighted by Crippen LogP contribution is -2.44. The second-order valence-electron chi connectivity index (χ2n) is 22.7. The summed E-state index contributed by atoms with van der Waals surface area (Å²) in [6.45, 7) is 4.58. The average Bonchev–Trinajstić information content (AvgIpc) is 3.46. The van der Waals surface area contributed by atoms with Gasteiger partial charge in [-0.2, -0.15) is 0 Å². The SMILES string of the molecule is CC/C=C\C/C=C\C/C=C\C/C=C\C/C=C\C/C=C\C/C=C\C/C=C\C/C=C\C/C=C\CCCCCCCCCCC(=O)OC(COC(=O)CCCCCCCCCCC/C=C\C/C=C\CCCCC)COC(OCC[N+](C)(C)C)C(=O)[O-]. The number of esters is 2. The molecule has 0 aromatic heterocycles. The number of carboxylic acid groups (broad SMARTS) is 1. The molecule has 83 heavy (non-hydrogen) atoms. The van der Waals surface area contributed by atoms with Crippen LogP contribution in [0.4, 0.5) is 0 Å². The van der Waals surface area contributed by atoms with Crippen LogP contribution in [0.1, 0.15) is 245 Å². The van der Waals surface area contributed by atoms with Crippen LogP contribution in [0, 0.1) is 0 Å². The number of hydrogen-bond acceptors (Lipinski definition) is 8. The van der Waals surface area contributed by atoms with E-state index in [0.29, 0.717) is 17.4 Å². The molecule has 9 nitrogen and oxygen atoms in total. The Bertz CT molecular complexity index is 1870. The van der Waals surface area contributed by atoms with Gasteiger partial charge >= 0.3 is 11.9 Å². The van der Waals surface area contributed by atoms with E-state index in [1.165, 1.54) is 83.5 Å². The molecule has 0 aliphatic heterocycles. The number of ether oxygens (including phenoxy) is 4. The van der Waals surface area contributed by atoms with Crippen molar-refractivity contribution in [3.63, 3.8) is 0 Å². The highest BCUT2D eigenvalue weighted by atomic mass is 16.7. The fourth-order valence-electron chi connectivity index (χ4n) is 8.54. The van der Waals surface area contributed by atoms with Gasteiger partial charge in [-0.15, -0.1) is 0 Å². The summed E-state index contributed by atoms with van der Waals surface area (Å²) in [4.78, 5) is 37.4. The van der Waals surface area contributed by atoms with E-state index in [1.807, 2.05) is 21.1 Å². The summed E-state index contributed by atoms with van der Waals surface area (Å²) >= 11 is 0. The third kappa shape index (κ3) is 64.6. The van der Waals surface area contributed by atoms with E-state index in [9.17, 15) is 19.5 Å². The molecule has 0 bridgehead atoms. The van der Waals surface area contributed by atoms with Crippen molar-refractivity contribution in [3.05, 3.63) is 146 Å². The van der Waals surface area contributed by atoms with Crippen LogP contribution >= 0.6 is 0 Å². The van der Waals surface area contributed by atoms with Crippen LogP contribution in [0.15, 0.2) is 146 Å². The number of carbonyl (C=O) groups is 3. The maximum atomic E-state index is 12.9. The van der Waals surface area contributed by atoms with Gasteiger partial charge in [0.15, 0.2) is 12.4 Å². The molecular formula is C74H121NO8. The third-order valence-corrected chi connectivity index (χ3v) is 13.6. The molecule has 2 unspecified atom stereocenters. The highest BCUT2D eigenvalue weighted by Gasteiger charge is 2.22. The number of quaternary nitrogens is 1. The number of unbranched alkanes of at least 4 members (excludes halogenated alkanes) is 20. The number of allylic oxidation sites excluding steroid dienone is 24. The van der Waals surface area contributed by atoms with Gasteiger partial charge < -0.3 is 33.3 Å². The molecule has 0 amide bonds. The molecule has 0 aliphatic rings. The molecule has 0 saturated heterocycles. The Balaban J connectivity index is 4.20. The van der Waals surface area contributed by atoms with Crippen LogP contribution in [0.25, 0.3) is 0 Å². The van der Waals surface area contributed by atoms with Gasteiger partial charge in [-0.05, 0) is 122 Å². The summed E-state index contributed by atoms with van der Waals surface area (Å²) in [7, 11) is 5.91. The molecule has 0 aromatic rings. The van der Waals surface area contributed by atoms with Gasteiger partial charge in [-0.25, -0.2) is 0 Å². The fourth-order valence-corrected chi connectivity index (χ4v) is 8.54. The monoisotopic (exact) mass is 1150 g/mol. The van der Waals surface area contributed by atoms with Crippen molar-refractivity contribution in [2.45, 2.75) is 257 Å². The summed E-state index contributed by atoms with van der Waals surface area (Å²) < 4.78 is 22.7. The normalized spacial score (nSPS) is 13.7. The molecular weight excluding hydrogens is 1030 g/mol. The Morgan fingerprint density at radius 2 is 0.687 bits per heavy atom. The lowest BCUT2D eigenvalue weighted by Gasteiger charge is -2.26. The first kappa shape index (κ1) is 78.2. The summed E-state index contributed by atoms with van der Waals surface area (Å²) in [6.07, 6.45) is 89.1. The van der Waals surface area contributed by atoms with Gasteiger partial charge in [0.25, 0.3) is 0 Å². The Morgan fingerprint density at radius 3 is 1.02 bits per heavy atom. The zero-order valence-electron chi connectivity index (χ0n) is 53.5. The van der Waals surface area contributed by atoms with Crippen LogP contribution in [0.3, 0.4) is 0 Å². The molecule has 470 valence electrons. The van der Waals surface area contributed by atoms with Crippen molar-refractivity contribution in [2.75, 3.05) is 47.5 Å². The van der Waals surface area contributed by atoms with Crippen LogP contribution in [-0.4, -0.2) is 82.3 Å². The van der Waals surface area contributed by atoms with Gasteiger partial charge in [-0.1, -0.05) is 256 Å². The highest BCUT2D eigenvalue weighted by molar-refractivity contribution is 5.70. The minimum atomic E-state index is -1.63. The van der Waals surface area contributed by atoms with Crippen molar-refractivity contribution < 1.29 is 42.9 Å². The minimum absolute atomic E-state index is 0.138. The Morgan fingerprint density at radius 1 is 0.373 bits per heavy atom. The third-order valence-electron chi connectivity index (χ3n) is 13.6. The molecule has 0 aliphatic carbocycles. The first-order valence-corrected chi connectivity index (χ1v) is 33.0. The number of nitrogens with zero attached hydrogens (tertiary/aromatic N) is 1. The number of rotatable bonds is 59. The van der Waals surface area contributed by atoms with Crippen molar-refractivity contribution >= 4 is 17.9 Å². The predicted octanol–water partition coefficient (Wildman–Crippen LogP) is 19.0. The van der Waals surface area contributed by atoms with E-state index in [2.05, 4.69) is 160 Å². The number of carbonyl (C=O) groups excluding carboxylic acids is 3. The number of carboxylic acids is 1. The first-order chi connectivity index (χ1) is 40.6. The Labute approximate surface area is 509 Å². The molecule has 0 saturated carbocycles. The van der Waals surface area contributed by atoms with Crippen molar-refractivity contribution in [1.82, 2.24) is 0 Å². The Kier molecular flexibility index (Phi) is 59.5. The van der Waals surface area contributed by atoms with Crippen molar-refractivity contribution in [1.29, 1.82) is 0 Å². The van der Waals surface area contributed by atoms with E-state index in [0.717, 1.165) is 128 Å². The van der Waals surface area contributed by atoms with E-state index in [4.69, 9.17) is 18.9 Å². The molecule has 9 heteroatoms. The quantitative estimate of drug-likeness (QED) is 0.0195. The zero-order chi connectivity index (χ0) is 60.5. The average molecular weight is 1150 g/mol. The fraction of sp³-hybridized carbons (Fsp3) is 0.635. The molecule has 0 heterocycles. The summed E-state index contributed by atoms with van der Waals surface area (Å²) in [5.74, 6) is -2.31. The van der Waals surface area contributed by atoms with E-state index < -0.39 is 24.3 Å². The molecule has 0 rings (SSSR count). The Hall–Kier alpha value is -4.83. The largest absolute Gasteiger partial charge is 0.545 e. The van der Waals surface area contributed by atoms with E-state index in [1.54, 1.807) is 0 Å². The number of hydrogen-bond donors (Lipinski definition) is 0. The molecule has 0 spiro atoms. The summed E-state index contributed by atoms with van der Waals surface area (Å²) in [5.41, 5.74) is 0. The lowest BCUT2D eigenvalue weighted by atomic mass is 10.1. The molecule has 0 fully saturated rings. The molecule has 0 radical (unpaired) electrons. The topological polar surface area (TPSA) is 111 Å². The van der Waals surface area contributed by atoms with E-state index in [-0.39, 0.29) is 38.6 Å². The minimum Gasteiger partial charge on any atom is -0.545 e. The van der Waals surface area contributed by atoms with Crippen LogP contribution < -0.4 is 5.11 Å². The summed E-state index contributed by atoms with van der Waals surface area (Å²) in [5, 5.41) is 11.8. The van der Waals surface area contributed by atoms with Crippen molar-refractivity contribution in [3.8, 4) is 0 Å². The second kappa shape index (κ2) is 63.2. The smallest absolute Gasteiger partial charge is 0.306 e. The second-order valence-corrected chi connectivity index (χ2v) is 22.7. The summed E-state index contributed by atoms with van der Waals surface area (Å²) in [6, 6.07) is 0. The predicted molar refractivity (Wildman–Crippen MR) is 352 cm³/mol. The zero-order valence-corrected chi connectivity index (χ0v) is 53.5.